The zero-order valence-corrected chi connectivity index (χ0v) is 19.5. The summed E-state index contributed by atoms with van der Waals surface area (Å²) in [4.78, 5) is 32.6. The van der Waals surface area contributed by atoms with Crippen LogP contribution in [0.4, 0.5) is 5.69 Å². The second-order valence-corrected chi connectivity index (χ2v) is 8.77. The molecule has 1 aliphatic heterocycles. The fourth-order valence-electron chi connectivity index (χ4n) is 4.53. The maximum absolute atomic E-state index is 13.4. The van der Waals surface area contributed by atoms with Gasteiger partial charge in [0.15, 0.2) is 0 Å². The highest BCUT2D eigenvalue weighted by Crippen LogP contribution is 2.27. The number of nitrogens with one attached hydrogen (secondary N) is 1. The van der Waals surface area contributed by atoms with Crippen LogP contribution in [0.2, 0.25) is 5.02 Å². The van der Waals surface area contributed by atoms with E-state index in [0.717, 1.165) is 35.4 Å². The molecule has 1 N–H and O–H groups in total. The molecule has 5 rings (SSSR count). The molecule has 34 heavy (non-hydrogen) atoms. The molecule has 1 aliphatic rings. The summed E-state index contributed by atoms with van der Waals surface area (Å²) in [7, 11) is 0. The van der Waals surface area contributed by atoms with Crippen molar-refractivity contribution in [3.63, 3.8) is 0 Å². The first-order valence-electron chi connectivity index (χ1n) is 11.5. The van der Waals surface area contributed by atoms with E-state index in [4.69, 9.17) is 16.6 Å². The third-order valence-electron chi connectivity index (χ3n) is 6.19. The molecule has 0 spiro atoms. The summed E-state index contributed by atoms with van der Waals surface area (Å²) >= 11 is 6.14. The maximum Gasteiger partial charge on any atom is 0.252 e. The van der Waals surface area contributed by atoms with Crippen molar-refractivity contribution in [2.45, 2.75) is 25.8 Å². The molecule has 2 amide bonds. The van der Waals surface area contributed by atoms with E-state index >= 15 is 0 Å². The van der Waals surface area contributed by atoms with E-state index in [0.29, 0.717) is 30.1 Å². The van der Waals surface area contributed by atoms with Gasteiger partial charge < -0.3 is 14.8 Å². The average Bonchev–Trinajstić information content (AvgIpc) is 3.21. The molecule has 0 fully saturated rings. The Kier molecular flexibility index (Phi) is 6.32. The van der Waals surface area contributed by atoms with Crippen LogP contribution >= 0.6 is 11.6 Å². The van der Waals surface area contributed by atoms with Crippen molar-refractivity contribution >= 4 is 40.1 Å². The first kappa shape index (κ1) is 22.2. The number of imidazole rings is 1. The molecule has 1 aromatic heterocycles. The topological polar surface area (TPSA) is 67.2 Å². The van der Waals surface area contributed by atoms with E-state index in [1.165, 1.54) is 5.56 Å². The number of amides is 2. The largest absolute Gasteiger partial charge is 0.352 e. The van der Waals surface area contributed by atoms with Crippen molar-refractivity contribution in [1.29, 1.82) is 0 Å². The summed E-state index contributed by atoms with van der Waals surface area (Å²) in [5.41, 5.74) is 4.39. The van der Waals surface area contributed by atoms with Gasteiger partial charge >= 0.3 is 0 Å². The Bertz CT molecular complexity index is 1360. The molecule has 4 aromatic rings. The molecule has 7 heteroatoms. The molecule has 0 unspecified atom stereocenters. The van der Waals surface area contributed by atoms with E-state index in [-0.39, 0.29) is 18.4 Å². The standard InChI is InChI=1S/C27H25ClN4O2/c28-21-11-3-2-10-20(21)27(34)29-16-15-25-30-22-12-4-6-14-24(22)32(25)18-26(33)31-17-7-9-19-8-1-5-13-23(19)31/h1-6,8,10-14H,7,9,15-18H2,(H,29,34). The third kappa shape index (κ3) is 4.41. The van der Waals surface area contributed by atoms with Gasteiger partial charge in [-0.2, -0.15) is 0 Å². The first-order valence-corrected chi connectivity index (χ1v) is 11.8. The van der Waals surface area contributed by atoms with E-state index < -0.39 is 0 Å². The Morgan fingerprint density at radius 1 is 0.971 bits per heavy atom. The Balaban J connectivity index is 1.35. The number of anilines is 1. The minimum absolute atomic E-state index is 0.0386. The highest BCUT2D eigenvalue weighted by Gasteiger charge is 2.24. The number of halogens is 1. The van der Waals surface area contributed by atoms with Gasteiger partial charge in [-0.1, -0.05) is 54.1 Å². The van der Waals surface area contributed by atoms with Gasteiger partial charge in [0.05, 0.1) is 21.6 Å². The van der Waals surface area contributed by atoms with Gasteiger partial charge in [0.1, 0.15) is 12.4 Å². The van der Waals surface area contributed by atoms with Crippen LogP contribution in [0.15, 0.2) is 72.8 Å². The number of benzene rings is 3. The Labute approximate surface area is 203 Å². The number of carbonyl (C=O) groups is 2. The molecule has 0 bridgehead atoms. The first-order chi connectivity index (χ1) is 16.6. The van der Waals surface area contributed by atoms with Crippen molar-refractivity contribution in [2.24, 2.45) is 0 Å². The quantitative estimate of drug-likeness (QED) is 0.444. The van der Waals surface area contributed by atoms with Gasteiger partial charge in [0.2, 0.25) is 5.91 Å². The highest BCUT2D eigenvalue weighted by molar-refractivity contribution is 6.33. The lowest BCUT2D eigenvalue weighted by Crippen LogP contribution is -2.38. The monoisotopic (exact) mass is 472 g/mol. The second kappa shape index (κ2) is 9.69. The minimum Gasteiger partial charge on any atom is -0.352 e. The summed E-state index contributed by atoms with van der Waals surface area (Å²) in [5.74, 6) is 0.574. The summed E-state index contributed by atoms with van der Waals surface area (Å²) in [6, 6.07) is 22.9. The molecular formula is C27H25ClN4O2. The average molecular weight is 473 g/mol. The Morgan fingerprint density at radius 3 is 2.62 bits per heavy atom. The van der Waals surface area contributed by atoms with Crippen molar-refractivity contribution in [1.82, 2.24) is 14.9 Å². The summed E-state index contributed by atoms with van der Waals surface area (Å²) in [5, 5.41) is 3.33. The number of hydrogen-bond donors (Lipinski definition) is 1. The molecule has 6 nitrogen and oxygen atoms in total. The smallest absolute Gasteiger partial charge is 0.252 e. The van der Waals surface area contributed by atoms with Crippen LogP contribution in [0.25, 0.3) is 11.0 Å². The number of nitrogens with zero attached hydrogens (tertiary/aromatic N) is 3. The van der Waals surface area contributed by atoms with Gasteiger partial charge in [-0.25, -0.2) is 4.98 Å². The van der Waals surface area contributed by atoms with Crippen LogP contribution in [-0.4, -0.2) is 34.5 Å². The van der Waals surface area contributed by atoms with E-state index in [2.05, 4.69) is 11.4 Å². The van der Waals surface area contributed by atoms with Gasteiger partial charge in [-0.05, 0) is 48.7 Å². The zero-order valence-electron chi connectivity index (χ0n) is 18.7. The highest BCUT2D eigenvalue weighted by atomic mass is 35.5. The van der Waals surface area contributed by atoms with E-state index in [1.54, 1.807) is 24.3 Å². The number of hydrogen-bond acceptors (Lipinski definition) is 3. The number of rotatable bonds is 6. The van der Waals surface area contributed by atoms with Crippen LogP contribution in [0.5, 0.6) is 0 Å². The van der Waals surface area contributed by atoms with Crippen molar-refractivity contribution < 1.29 is 9.59 Å². The predicted molar refractivity (Wildman–Crippen MR) is 134 cm³/mol. The minimum atomic E-state index is -0.228. The molecule has 0 aliphatic carbocycles. The van der Waals surface area contributed by atoms with Gasteiger partial charge in [-0.15, -0.1) is 0 Å². The Morgan fingerprint density at radius 2 is 1.74 bits per heavy atom. The SMILES string of the molecule is O=C(NCCc1nc2ccccc2n1CC(=O)N1CCCc2ccccc21)c1ccccc1Cl. The molecule has 0 saturated heterocycles. The Hall–Kier alpha value is -3.64. The molecule has 172 valence electrons. The van der Waals surface area contributed by atoms with Gasteiger partial charge in [-0.3, -0.25) is 9.59 Å². The summed E-state index contributed by atoms with van der Waals surface area (Å²) < 4.78 is 1.97. The lowest BCUT2D eigenvalue weighted by molar-refractivity contribution is -0.119. The van der Waals surface area contributed by atoms with Crippen LogP contribution < -0.4 is 10.2 Å². The van der Waals surface area contributed by atoms with Gasteiger partial charge in [0.25, 0.3) is 5.91 Å². The van der Waals surface area contributed by atoms with Gasteiger partial charge in [0, 0.05) is 25.2 Å². The number of fused-ring (bicyclic) bond motifs is 2. The molecule has 0 saturated carbocycles. The summed E-state index contributed by atoms with van der Waals surface area (Å²) in [6.45, 7) is 1.29. The number of carbonyl (C=O) groups excluding carboxylic acids is 2. The van der Waals surface area contributed by atoms with Crippen LogP contribution in [-0.2, 0) is 24.2 Å². The fraction of sp³-hybridized carbons (Fsp3) is 0.222. The van der Waals surface area contributed by atoms with Crippen LogP contribution in [0.3, 0.4) is 0 Å². The van der Waals surface area contributed by atoms with Crippen molar-refractivity contribution in [3.8, 4) is 0 Å². The fourth-order valence-corrected chi connectivity index (χ4v) is 4.76. The molecule has 2 heterocycles. The molecule has 0 radical (unpaired) electrons. The van der Waals surface area contributed by atoms with Crippen LogP contribution in [0, 0.1) is 0 Å². The predicted octanol–water partition coefficient (Wildman–Crippen LogP) is 4.64. The lowest BCUT2D eigenvalue weighted by Gasteiger charge is -2.29. The lowest BCUT2D eigenvalue weighted by atomic mass is 10.0. The summed E-state index contributed by atoms with van der Waals surface area (Å²) in [6.07, 6.45) is 2.44. The molecular weight excluding hydrogens is 448 g/mol. The van der Waals surface area contributed by atoms with Crippen LogP contribution in [0.1, 0.15) is 28.2 Å². The number of para-hydroxylation sites is 3. The number of aromatic nitrogens is 2. The molecule has 0 atom stereocenters. The second-order valence-electron chi connectivity index (χ2n) is 8.37. The normalized spacial score (nSPS) is 13.0. The van der Waals surface area contributed by atoms with E-state index in [9.17, 15) is 9.59 Å². The maximum atomic E-state index is 13.4. The van der Waals surface area contributed by atoms with E-state index in [1.807, 2.05) is 51.9 Å². The number of aryl methyl sites for hydroxylation is 1. The van der Waals surface area contributed by atoms with Crippen molar-refractivity contribution in [2.75, 3.05) is 18.0 Å². The molecule has 3 aromatic carbocycles. The third-order valence-corrected chi connectivity index (χ3v) is 6.52. The zero-order chi connectivity index (χ0) is 23.5. The van der Waals surface area contributed by atoms with Crippen molar-refractivity contribution in [3.05, 3.63) is 94.8 Å².